The van der Waals surface area contributed by atoms with Crippen LogP contribution >= 0.6 is 0 Å². The molecule has 3 aliphatic heterocycles. The second-order valence-electron chi connectivity index (χ2n) is 13.7. The van der Waals surface area contributed by atoms with Gasteiger partial charge in [0.15, 0.2) is 6.10 Å². The molecule has 12 atom stereocenters. The molecule has 2 N–H and O–H groups in total. The molecule has 0 amide bonds. The molecule has 10 heteroatoms. The van der Waals surface area contributed by atoms with E-state index in [-0.39, 0.29) is 36.2 Å². The highest BCUT2D eigenvalue weighted by atomic mass is 16.8. The standard InChI is InChI=1S/C31H40O10/c1-16-10-25(39-17(2)33)31(36)27(38-16)40-24-13-29(15-32)19(12-23(24)41-31)4-5-22-21(29)6-8-28(3)20(7-9-30(22,28)35)18-11-26(34)37-14-18/h4,11,15-16,20-25,27,35-36H,5-10,12-14H2,1-3H3/t16-,20-,21+,22-,23-,24-,25+,27+,28-,29-,30+,31+/m1/s1. The maximum atomic E-state index is 13.2. The van der Waals surface area contributed by atoms with E-state index in [1.54, 1.807) is 6.08 Å². The van der Waals surface area contributed by atoms with Crippen LogP contribution in [0.5, 0.6) is 0 Å². The Morgan fingerprint density at radius 3 is 2.66 bits per heavy atom. The highest BCUT2D eigenvalue weighted by molar-refractivity contribution is 5.85. The molecule has 0 unspecified atom stereocenters. The Kier molecular flexibility index (Phi) is 6.21. The number of fused-ring (bicyclic) bond motifs is 7. The van der Waals surface area contributed by atoms with E-state index in [4.69, 9.17) is 23.7 Å². The highest BCUT2D eigenvalue weighted by Gasteiger charge is 2.69. The molecule has 4 aliphatic carbocycles. The van der Waals surface area contributed by atoms with Gasteiger partial charge >= 0.3 is 11.9 Å². The monoisotopic (exact) mass is 572 g/mol. The molecule has 7 rings (SSSR count). The van der Waals surface area contributed by atoms with Gasteiger partial charge in [-0.1, -0.05) is 18.6 Å². The Bertz CT molecular complexity index is 1230. The quantitative estimate of drug-likeness (QED) is 0.295. The molecular formula is C31H40O10. The molecule has 10 nitrogen and oxygen atoms in total. The number of hydrogen-bond acceptors (Lipinski definition) is 10. The van der Waals surface area contributed by atoms with Crippen LogP contribution in [0.1, 0.15) is 72.1 Å². The third-order valence-corrected chi connectivity index (χ3v) is 11.9. The van der Waals surface area contributed by atoms with Gasteiger partial charge in [-0.05, 0) is 75.2 Å². The van der Waals surface area contributed by atoms with E-state index in [9.17, 15) is 24.6 Å². The topological polar surface area (TPSA) is 138 Å². The molecule has 3 heterocycles. The van der Waals surface area contributed by atoms with Gasteiger partial charge in [0.1, 0.15) is 12.9 Å². The molecule has 0 aromatic carbocycles. The molecule has 0 bridgehead atoms. The summed E-state index contributed by atoms with van der Waals surface area (Å²) in [6, 6.07) is 0. The van der Waals surface area contributed by atoms with Gasteiger partial charge in [-0.3, -0.25) is 4.79 Å². The first-order valence-corrected chi connectivity index (χ1v) is 15.1. The number of aliphatic hydroxyl groups is 2. The Hall–Kier alpha value is -2.11. The minimum atomic E-state index is -1.95. The second kappa shape index (κ2) is 9.19. The van der Waals surface area contributed by atoms with Crippen molar-refractivity contribution in [1.29, 1.82) is 0 Å². The van der Waals surface area contributed by atoms with Gasteiger partial charge in [0.25, 0.3) is 5.79 Å². The summed E-state index contributed by atoms with van der Waals surface area (Å²) in [5.74, 6) is -2.90. The number of rotatable bonds is 3. The molecule has 0 spiro atoms. The van der Waals surface area contributed by atoms with Crippen molar-refractivity contribution in [3.8, 4) is 0 Å². The number of hydrogen-bond donors (Lipinski definition) is 2. The van der Waals surface area contributed by atoms with Crippen LogP contribution in [0.15, 0.2) is 23.3 Å². The van der Waals surface area contributed by atoms with E-state index in [2.05, 4.69) is 13.0 Å². The first-order valence-electron chi connectivity index (χ1n) is 15.1. The van der Waals surface area contributed by atoms with Gasteiger partial charge in [0.05, 0.1) is 29.3 Å². The van der Waals surface area contributed by atoms with Gasteiger partial charge < -0.3 is 38.7 Å². The molecule has 3 saturated carbocycles. The van der Waals surface area contributed by atoms with E-state index in [0.717, 1.165) is 36.7 Å². The fraction of sp³-hybridized carbons (Fsp3) is 0.774. The highest BCUT2D eigenvalue weighted by Crippen LogP contribution is 2.69. The van der Waals surface area contributed by atoms with Gasteiger partial charge in [-0.15, -0.1) is 0 Å². The van der Waals surface area contributed by atoms with Crippen LogP contribution in [0.3, 0.4) is 0 Å². The van der Waals surface area contributed by atoms with Crippen molar-refractivity contribution in [1.82, 2.24) is 0 Å². The van der Waals surface area contributed by atoms with E-state index >= 15 is 0 Å². The molecule has 7 aliphatic rings. The average molecular weight is 573 g/mol. The van der Waals surface area contributed by atoms with Crippen molar-refractivity contribution < 1.29 is 48.3 Å². The molecule has 0 aromatic heterocycles. The second-order valence-corrected chi connectivity index (χ2v) is 13.7. The van der Waals surface area contributed by atoms with Gasteiger partial charge in [0.2, 0.25) is 6.29 Å². The molecule has 5 fully saturated rings. The van der Waals surface area contributed by atoms with Crippen molar-refractivity contribution in [2.24, 2.45) is 28.6 Å². The van der Waals surface area contributed by atoms with Crippen molar-refractivity contribution in [2.45, 2.75) is 114 Å². The summed E-state index contributed by atoms with van der Waals surface area (Å²) in [5, 5.41) is 24.0. The summed E-state index contributed by atoms with van der Waals surface area (Å²) in [5.41, 5.74) is -0.281. The van der Waals surface area contributed by atoms with Crippen molar-refractivity contribution in [3.63, 3.8) is 0 Å². The summed E-state index contributed by atoms with van der Waals surface area (Å²) in [6.07, 6.45) is 5.85. The predicted octanol–water partition coefficient (Wildman–Crippen LogP) is 2.49. The first-order chi connectivity index (χ1) is 19.4. The number of cyclic esters (lactones) is 1. The SMILES string of the molecule is CC(=O)O[C@H]1C[C@@H](C)O[C@H]2O[C@@H]3C[C@@]4(C=O)C(=CC[C@@H]5[C@@H]4CC[C@]4(C)[C@@H](C6=CC(=O)OC6)CC[C@]54O)C[C@H]3O[C@]21O. The number of ether oxygens (including phenoxy) is 5. The fourth-order valence-electron chi connectivity index (χ4n) is 9.93. The third-order valence-electron chi connectivity index (χ3n) is 11.9. The average Bonchev–Trinajstić information content (AvgIpc) is 3.46. The Labute approximate surface area is 239 Å². The normalized spacial score (nSPS) is 52.0. The number of carbonyl (C=O) groups excluding carboxylic acids is 3. The third kappa shape index (κ3) is 3.76. The van der Waals surface area contributed by atoms with Crippen molar-refractivity contribution >= 4 is 18.2 Å². The predicted molar refractivity (Wildman–Crippen MR) is 141 cm³/mol. The van der Waals surface area contributed by atoms with Crippen LogP contribution < -0.4 is 0 Å². The van der Waals surface area contributed by atoms with Crippen molar-refractivity contribution in [3.05, 3.63) is 23.3 Å². The van der Waals surface area contributed by atoms with Crippen LogP contribution in [0.25, 0.3) is 0 Å². The number of allylic oxidation sites excluding steroid dienone is 1. The maximum Gasteiger partial charge on any atom is 0.331 e. The van der Waals surface area contributed by atoms with Crippen molar-refractivity contribution in [2.75, 3.05) is 6.61 Å². The summed E-state index contributed by atoms with van der Waals surface area (Å²) < 4.78 is 29.3. The van der Waals surface area contributed by atoms with Gasteiger partial charge in [0, 0.05) is 24.8 Å². The molecule has 41 heavy (non-hydrogen) atoms. The van der Waals surface area contributed by atoms with Crippen LogP contribution in [-0.2, 0) is 38.1 Å². The zero-order valence-electron chi connectivity index (χ0n) is 23.9. The number of aldehydes is 1. The summed E-state index contributed by atoms with van der Waals surface area (Å²) >= 11 is 0. The molecule has 2 saturated heterocycles. The van der Waals surface area contributed by atoms with Crippen LogP contribution in [-0.4, -0.2) is 77.1 Å². The minimum Gasteiger partial charge on any atom is -0.458 e. The summed E-state index contributed by atoms with van der Waals surface area (Å²) in [7, 11) is 0. The number of carbonyl (C=O) groups is 3. The smallest absolute Gasteiger partial charge is 0.331 e. The molecular weight excluding hydrogens is 532 g/mol. The Morgan fingerprint density at radius 2 is 1.95 bits per heavy atom. The molecule has 224 valence electrons. The Balaban J connectivity index is 1.19. The van der Waals surface area contributed by atoms with Crippen LogP contribution in [0.2, 0.25) is 0 Å². The maximum absolute atomic E-state index is 13.2. The summed E-state index contributed by atoms with van der Waals surface area (Å²) in [4.78, 5) is 36.8. The van der Waals surface area contributed by atoms with E-state index in [1.165, 1.54) is 6.92 Å². The van der Waals surface area contributed by atoms with E-state index in [1.807, 2.05) is 6.92 Å². The largest absolute Gasteiger partial charge is 0.458 e. The fourth-order valence-corrected chi connectivity index (χ4v) is 9.93. The first kappa shape index (κ1) is 27.7. The lowest BCUT2D eigenvalue weighted by molar-refractivity contribution is -0.453. The lowest BCUT2D eigenvalue weighted by atomic mass is 9.45. The lowest BCUT2D eigenvalue weighted by Gasteiger charge is -2.62. The van der Waals surface area contributed by atoms with Crippen LogP contribution in [0, 0.1) is 28.6 Å². The van der Waals surface area contributed by atoms with Gasteiger partial charge in [-0.25, -0.2) is 4.79 Å². The van der Waals surface area contributed by atoms with E-state index < -0.39 is 52.8 Å². The molecule has 0 aromatic rings. The lowest BCUT2D eigenvalue weighted by Crippen LogP contribution is -2.70. The number of esters is 2. The molecule has 0 radical (unpaired) electrons. The summed E-state index contributed by atoms with van der Waals surface area (Å²) in [6.45, 7) is 5.55. The van der Waals surface area contributed by atoms with E-state index in [0.29, 0.717) is 32.3 Å². The van der Waals surface area contributed by atoms with Crippen LogP contribution in [0.4, 0.5) is 0 Å². The Morgan fingerprint density at radius 1 is 1.15 bits per heavy atom. The van der Waals surface area contributed by atoms with Gasteiger partial charge in [-0.2, -0.15) is 0 Å². The zero-order valence-corrected chi connectivity index (χ0v) is 23.9. The zero-order chi connectivity index (χ0) is 28.9. The minimum absolute atomic E-state index is 0.0663.